The summed E-state index contributed by atoms with van der Waals surface area (Å²) in [6.07, 6.45) is 2.76. The first kappa shape index (κ1) is 10.2. The van der Waals surface area contributed by atoms with E-state index in [-0.39, 0.29) is 17.9 Å². The molecule has 0 fully saturated rings. The van der Waals surface area contributed by atoms with Crippen LogP contribution in [0.5, 0.6) is 0 Å². The molecule has 1 N–H and O–H groups in total. The molecule has 0 saturated carbocycles. The molecule has 0 saturated heterocycles. The van der Waals surface area contributed by atoms with Crippen LogP contribution in [0.25, 0.3) is 0 Å². The summed E-state index contributed by atoms with van der Waals surface area (Å²) in [5, 5.41) is 8.64. The van der Waals surface area contributed by atoms with E-state index in [1.54, 1.807) is 0 Å². The highest BCUT2D eigenvalue weighted by atomic mass is 16.4. The fraction of sp³-hybridized carbons (Fsp3) is 0.100. The van der Waals surface area contributed by atoms with Gasteiger partial charge < -0.3 is 9.52 Å². The topological polar surface area (TPSA) is 85.3 Å². The minimum absolute atomic E-state index is 0.146. The monoisotopic (exact) mass is 220 g/mol. The molecular weight excluding hydrogens is 212 g/mol. The SMILES string of the molecule is O=C(O)c1ccc(Cn2cnccc2=O)o1. The summed E-state index contributed by atoms with van der Waals surface area (Å²) in [5.74, 6) is -0.885. The first-order valence-corrected chi connectivity index (χ1v) is 4.49. The van der Waals surface area contributed by atoms with E-state index in [0.29, 0.717) is 5.76 Å². The largest absolute Gasteiger partial charge is 0.475 e. The number of furan rings is 1. The van der Waals surface area contributed by atoms with Crippen molar-refractivity contribution in [2.45, 2.75) is 6.54 Å². The third-order valence-corrected chi connectivity index (χ3v) is 1.99. The Balaban J connectivity index is 2.24. The van der Waals surface area contributed by atoms with E-state index in [1.807, 2.05) is 0 Å². The molecule has 6 heteroatoms. The van der Waals surface area contributed by atoms with Crippen molar-refractivity contribution in [3.8, 4) is 0 Å². The second kappa shape index (κ2) is 4.01. The maximum Gasteiger partial charge on any atom is 0.371 e. The fourth-order valence-electron chi connectivity index (χ4n) is 1.24. The van der Waals surface area contributed by atoms with Crippen LogP contribution in [0.2, 0.25) is 0 Å². The lowest BCUT2D eigenvalue weighted by molar-refractivity contribution is 0.0660. The van der Waals surface area contributed by atoms with Crippen LogP contribution >= 0.6 is 0 Å². The molecule has 2 aromatic heterocycles. The van der Waals surface area contributed by atoms with Gasteiger partial charge in [0.05, 0.1) is 12.9 Å². The second-order valence-electron chi connectivity index (χ2n) is 3.12. The molecule has 6 nitrogen and oxygen atoms in total. The van der Waals surface area contributed by atoms with Gasteiger partial charge in [-0.25, -0.2) is 9.78 Å². The molecule has 0 aromatic carbocycles. The van der Waals surface area contributed by atoms with Gasteiger partial charge in [-0.2, -0.15) is 0 Å². The minimum Gasteiger partial charge on any atom is -0.475 e. The molecule has 0 aliphatic rings. The van der Waals surface area contributed by atoms with Crippen LogP contribution in [0.1, 0.15) is 16.3 Å². The van der Waals surface area contributed by atoms with Crippen molar-refractivity contribution in [2.24, 2.45) is 0 Å². The molecule has 0 bridgehead atoms. The fourth-order valence-corrected chi connectivity index (χ4v) is 1.24. The third kappa shape index (κ3) is 2.00. The van der Waals surface area contributed by atoms with Crippen LogP contribution in [0.4, 0.5) is 0 Å². The molecule has 16 heavy (non-hydrogen) atoms. The van der Waals surface area contributed by atoms with Gasteiger partial charge in [-0.05, 0) is 12.1 Å². The van der Waals surface area contributed by atoms with Crippen molar-refractivity contribution in [2.75, 3.05) is 0 Å². The highest BCUT2D eigenvalue weighted by Gasteiger charge is 2.09. The Hall–Kier alpha value is -2.37. The van der Waals surface area contributed by atoms with E-state index in [2.05, 4.69) is 4.98 Å². The maximum atomic E-state index is 11.3. The van der Waals surface area contributed by atoms with Crippen LogP contribution in [0.3, 0.4) is 0 Å². The quantitative estimate of drug-likeness (QED) is 0.817. The number of rotatable bonds is 3. The van der Waals surface area contributed by atoms with E-state index in [0.717, 1.165) is 0 Å². The van der Waals surface area contributed by atoms with Crippen molar-refractivity contribution in [1.82, 2.24) is 9.55 Å². The van der Waals surface area contributed by atoms with Crippen LogP contribution in [0.15, 0.2) is 39.9 Å². The van der Waals surface area contributed by atoms with Gasteiger partial charge >= 0.3 is 5.97 Å². The Labute approximate surface area is 89.8 Å². The molecule has 0 aliphatic carbocycles. The Morgan fingerprint density at radius 1 is 1.44 bits per heavy atom. The Kier molecular flexibility index (Phi) is 2.55. The number of hydrogen-bond acceptors (Lipinski definition) is 4. The number of aromatic carboxylic acids is 1. The first-order valence-electron chi connectivity index (χ1n) is 4.49. The smallest absolute Gasteiger partial charge is 0.371 e. The molecule has 2 aromatic rings. The zero-order valence-corrected chi connectivity index (χ0v) is 8.16. The number of nitrogens with zero attached hydrogens (tertiary/aromatic N) is 2. The minimum atomic E-state index is -1.13. The standard InChI is InChI=1S/C10H8N2O4/c13-9-3-4-11-6-12(9)5-7-1-2-8(16-7)10(14)15/h1-4,6H,5H2,(H,14,15). The van der Waals surface area contributed by atoms with Gasteiger partial charge in [0, 0.05) is 12.3 Å². The summed E-state index contributed by atoms with van der Waals surface area (Å²) < 4.78 is 6.34. The Morgan fingerprint density at radius 3 is 2.88 bits per heavy atom. The van der Waals surface area contributed by atoms with E-state index >= 15 is 0 Å². The average molecular weight is 220 g/mol. The van der Waals surface area contributed by atoms with Gasteiger partial charge in [0.25, 0.3) is 5.56 Å². The van der Waals surface area contributed by atoms with Crippen LogP contribution in [-0.2, 0) is 6.54 Å². The van der Waals surface area contributed by atoms with Gasteiger partial charge in [0.1, 0.15) is 5.76 Å². The molecule has 0 amide bonds. The lowest BCUT2D eigenvalue weighted by Gasteiger charge is -2.00. The number of carboxylic acids is 1. The summed E-state index contributed by atoms with van der Waals surface area (Å²) in [5.41, 5.74) is -0.219. The predicted octanol–water partition coefficient (Wildman–Crippen LogP) is 0.583. The number of carbonyl (C=O) groups is 1. The van der Waals surface area contributed by atoms with Gasteiger partial charge in [-0.3, -0.25) is 9.36 Å². The molecule has 2 rings (SSSR count). The molecule has 0 radical (unpaired) electrons. The van der Waals surface area contributed by atoms with Crippen molar-refractivity contribution >= 4 is 5.97 Å². The average Bonchev–Trinajstić information content (AvgIpc) is 2.70. The van der Waals surface area contributed by atoms with E-state index in [9.17, 15) is 9.59 Å². The number of hydrogen-bond donors (Lipinski definition) is 1. The zero-order valence-electron chi connectivity index (χ0n) is 8.16. The summed E-state index contributed by atoms with van der Waals surface area (Å²) in [6.45, 7) is 0.167. The summed E-state index contributed by atoms with van der Waals surface area (Å²) in [4.78, 5) is 25.7. The Bertz CT molecular complexity index is 570. The number of carboxylic acid groups (broad SMARTS) is 1. The van der Waals surface area contributed by atoms with Crippen molar-refractivity contribution in [3.05, 3.63) is 52.6 Å². The first-order chi connectivity index (χ1) is 7.66. The lowest BCUT2D eigenvalue weighted by Crippen LogP contribution is -2.18. The molecule has 0 unspecified atom stereocenters. The van der Waals surface area contributed by atoms with E-state index < -0.39 is 5.97 Å². The highest BCUT2D eigenvalue weighted by Crippen LogP contribution is 2.08. The van der Waals surface area contributed by atoms with Crippen LogP contribution < -0.4 is 5.56 Å². The second-order valence-corrected chi connectivity index (χ2v) is 3.12. The van der Waals surface area contributed by atoms with Gasteiger partial charge in [-0.15, -0.1) is 0 Å². The van der Waals surface area contributed by atoms with Crippen LogP contribution in [-0.4, -0.2) is 20.6 Å². The third-order valence-electron chi connectivity index (χ3n) is 1.99. The van der Waals surface area contributed by atoms with Crippen molar-refractivity contribution in [3.63, 3.8) is 0 Å². The van der Waals surface area contributed by atoms with Crippen molar-refractivity contribution < 1.29 is 14.3 Å². The molecule has 0 aliphatic heterocycles. The molecule has 2 heterocycles. The van der Waals surface area contributed by atoms with E-state index in [1.165, 1.54) is 35.3 Å². The van der Waals surface area contributed by atoms with Gasteiger partial charge in [0.15, 0.2) is 0 Å². The maximum absolute atomic E-state index is 11.3. The zero-order chi connectivity index (χ0) is 11.5. The molecule has 0 spiro atoms. The van der Waals surface area contributed by atoms with Crippen LogP contribution in [0, 0.1) is 0 Å². The molecule has 0 atom stereocenters. The highest BCUT2D eigenvalue weighted by molar-refractivity contribution is 5.84. The lowest BCUT2D eigenvalue weighted by atomic mass is 10.4. The number of aromatic nitrogens is 2. The van der Waals surface area contributed by atoms with Crippen molar-refractivity contribution in [1.29, 1.82) is 0 Å². The predicted molar refractivity (Wildman–Crippen MR) is 53.3 cm³/mol. The summed E-state index contributed by atoms with van der Waals surface area (Å²) >= 11 is 0. The summed E-state index contributed by atoms with van der Waals surface area (Å²) in [7, 11) is 0. The van der Waals surface area contributed by atoms with E-state index in [4.69, 9.17) is 9.52 Å². The summed E-state index contributed by atoms with van der Waals surface area (Å²) in [6, 6.07) is 4.18. The molecule has 82 valence electrons. The normalized spacial score (nSPS) is 10.2. The Morgan fingerprint density at radius 2 is 2.25 bits per heavy atom. The van der Waals surface area contributed by atoms with Gasteiger partial charge in [-0.1, -0.05) is 0 Å². The van der Waals surface area contributed by atoms with Gasteiger partial charge in [0.2, 0.25) is 5.76 Å². The molecular formula is C10H8N2O4.